The van der Waals surface area contributed by atoms with E-state index in [9.17, 15) is 0 Å². The number of aliphatic hydroxyl groups excluding tert-OH is 2. The smallest absolute Gasteiger partial charge is 0.381 e. The summed E-state index contributed by atoms with van der Waals surface area (Å²) >= 11 is 0. The lowest BCUT2D eigenvalue weighted by Crippen LogP contribution is -1.85. The van der Waals surface area contributed by atoms with Gasteiger partial charge in [0.2, 0.25) is 0 Å². The van der Waals surface area contributed by atoms with E-state index in [-0.39, 0.29) is 13.2 Å². The number of carbonyl (C=O) groups is 2. The number of hydrogen-bond donors (Lipinski definition) is 4. The first-order valence-corrected chi connectivity index (χ1v) is 5.07. The van der Waals surface area contributed by atoms with E-state index >= 15 is 0 Å². The Hall–Kier alpha value is -2.02. The van der Waals surface area contributed by atoms with Crippen molar-refractivity contribution in [1.82, 2.24) is 0 Å². The summed E-state index contributed by atoms with van der Waals surface area (Å²) in [6, 6.07) is 0. The molecule has 0 bridgehead atoms. The van der Waals surface area contributed by atoms with Crippen LogP contribution in [-0.2, 0) is 9.59 Å². The Balaban J connectivity index is -0.000000197. The monoisotopic (exact) mass is 258 g/mol. The highest BCUT2D eigenvalue weighted by atomic mass is 16.4. The third kappa shape index (κ3) is 48.3. The molecule has 0 saturated carbocycles. The first kappa shape index (κ1) is 21.3. The topological polar surface area (TPSA) is 115 Å². The summed E-state index contributed by atoms with van der Waals surface area (Å²) < 4.78 is 0. The predicted molar refractivity (Wildman–Crippen MR) is 65.6 cm³/mol. The molecule has 0 radical (unpaired) electrons. The molecular weight excluding hydrogens is 240 g/mol. The van der Waals surface area contributed by atoms with E-state index in [2.05, 4.69) is 12.8 Å². The number of rotatable bonds is 5. The second kappa shape index (κ2) is 20.4. The Morgan fingerprint density at radius 2 is 1.00 bits per heavy atom. The number of carboxylic acid groups (broad SMARTS) is 2. The van der Waals surface area contributed by atoms with Gasteiger partial charge >= 0.3 is 11.9 Å². The molecule has 0 rings (SSSR count). The first-order chi connectivity index (χ1) is 8.45. The molecule has 0 unspecified atom stereocenters. The standard InChI is InChI=1S/C6H14O2.2C3H2O2/c7-5-3-1-2-4-6-8;2*1-2-3(4)5/h7-8H,1-6H2;2*1H,(H,4,5). The average molecular weight is 258 g/mol. The minimum absolute atomic E-state index is 0.283. The molecule has 0 aliphatic rings. The zero-order valence-electron chi connectivity index (χ0n) is 10.0. The Morgan fingerprint density at radius 3 is 1.11 bits per heavy atom. The molecule has 18 heavy (non-hydrogen) atoms. The fourth-order valence-electron chi connectivity index (χ4n) is 0.577. The van der Waals surface area contributed by atoms with Gasteiger partial charge in [0.05, 0.1) is 0 Å². The maximum Gasteiger partial charge on any atom is 0.381 e. The Morgan fingerprint density at radius 1 is 0.778 bits per heavy atom. The SMILES string of the molecule is C#CC(=O)O.C#CC(=O)O.OCCCCCCO. The van der Waals surface area contributed by atoms with Crippen LogP contribution in [0, 0.1) is 24.7 Å². The van der Waals surface area contributed by atoms with Crippen LogP contribution < -0.4 is 0 Å². The van der Waals surface area contributed by atoms with E-state index in [1.165, 1.54) is 11.8 Å². The highest BCUT2D eigenvalue weighted by molar-refractivity contribution is 5.85. The summed E-state index contributed by atoms with van der Waals surface area (Å²) in [7, 11) is 0. The summed E-state index contributed by atoms with van der Waals surface area (Å²) in [5, 5.41) is 31.6. The van der Waals surface area contributed by atoms with Gasteiger partial charge in [-0.15, -0.1) is 12.8 Å². The van der Waals surface area contributed by atoms with Crippen LogP contribution in [-0.4, -0.2) is 45.6 Å². The number of aliphatic hydroxyl groups is 2. The number of terminal acetylenes is 2. The highest BCUT2D eigenvalue weighted by Gasteiger charge is 1.84. The van der Waals surface area contributed by atoms with E-state index in [0.29, 0.717) is 0 Å². The van der Waals surface area contributed by atoms with Gasteiger partial charge in [-0.2, -0.15) is 0 Å². The van der Waals surface area contributed by atoms with Gasteiger partial charge in [0.1, 0.15) is 0 Å². The Bertz CT molecular complexity index is 254. The molecule has 0 fully saturated rings. The fourth-order valence-corrected chi connectivity index (χ4v) is 0.577. The van der Waals surface area contributed by atoms with Crippen LogP contribution in [0.1, 0.15) is 25.7 Å². The molecule has 0 atom stereocenters. The van der Waals surface area contributed by atoms with E-state index in [1.54, 1.807) is 0 Å². The van der Waals surface area contributed by atoms with Crippen LogP contribution in [0.15, 0.2) is 0 Å². The Labute approximate surface area is 106 Å². The van der Waals surface area contributed by atoms with Gasteiger partial charge in [-0.05, 0) is 12.8 Å². The average Bonchev–Trinajstić information content (AvgIpc) is 2.36. The third-order valence-corrected chi connectivity index (χ3v) is 1.31. The molecule has 0 saturated heterocycles. The summed E-state index contributed by atoms with van der Waals surface area (Å²) in [6.07, 6.45) is 12.5. The van der Waals surface area contributed by atoms with Gasteiger partial charge < -0.3 is 20.4 Å². The minimum atomic E-state index is -1.22. The second-order valence-corrected chi connectivity index (χ2v) is 2.76. The summed E-state index contributed by atoms with van der Waals surface area (Å²) in [5.74, 6) is 0.454. The van der Waals surface area contributed by atoms with Gasteiger partial charge in [0.15, 0.2) is 0 Å². The fraction of sp³-hybridized carbons (Fsp3) is 0.500. The van der Waals surface area contributed by atoms with Gasteiger partial charge in [0, 0.05) is 25.1 Å². The molecule has 0 aliphatic carbocycles. The summed E-state index contributed by atoms with van der Waals surface area (Å²) in [6.45, 7) is 0.566. The maximum atomic E-state index is 9.13. The normalized spacial score (nSPS) is 7.33. The van der Waals surface area contributed by atoms with Crippen LogP contribution in [0.3, 0.4) is 0 Å². The number of hydrogen-bond acceptors (Lipinski definition) is 4. The molecule has 0 aromatic carbocycles. The molecular formula is C12H18O6. The van der Waals surface area contributed by atoms with Crippen LogP contribution in [0.4, 0.5) is 0 Å². The predicted octanol–water partition coefficient (Wildman–Crippen LogP) is -0.0602. The quantitative estimate of drug-likeness (QED) is 0.405. The van der Waals surface area contributed by atoms with Crippen molar-refractivity contribution in [3.05, 3.63) is 0 Å². The zero-order chi connectivity index (χ0) is 14.8. The van der Waals surface area contributed by atoms with Gasteiger partial charge in [-0.25, -0.2) is 9.59 Å². The van der Waals surface area contributed by atoms with Crippen molar-refractivity contribution in [2.24, 2.45) is 0 Å². The molecule has 0 aliphatic heterocycles. The lowest BCUT2D eigenvalue weighted by molar-refractivity contribution is -0.131. The molecule has 102 valence electrons. The molecule has 0 spiro atoms. The van der Waals surface area contributed by atoms with Gasteiger partial charge in [-0.1, -0.05) is 12.8 Å². The van der Waals surface area contributed by atoms with Crippen molar-refractivity contribution >= 4 is 11.9 Å². The van der Waals surface area contributed by atoms with Crippen molar-refractivity contribution in [3.63, 3.8) is 0 Å². The zero-order valence-corrected chi connectivity index (χ0v) is 10.0. The second-order valence-electron chi connectivity index (χ2n) is 2.76. The van der Waals surface area contributed by atoms with Crippen LogP contribution in [0.25, 0.3) is 0 Å². The third-order valence-electron chi connectivity index (χ3n) is 1.31. The van der Waals surface area contributed by atoms with Crippen LogP contribution in [0.2, 0.25) is 0 Å². The molecule has 0 heterocycles. The number of aliphatic carboxylic acids is 2. The first-order valence-electron chi connectivity index (χ1n) is 5.07. The van der Waals surface area contributed by atoms with Crippen molar-refractivity contribution in [1.29, 1.82) is 0 Å². The Kier molecular flexibility index (Phi) is 24.1. The van der Waals surface area contributed by atoms with E-state index in [0.717, 1.165) is 25.7 Å². The van der Waals surface area contributed by atoms with Crippen molar-refractivity contribution in [2.75, 3.05) is 13.2 Å². The lowest BCUT2D eigenvalue weighted by atomic mass is 10.2. The highest BCUT2D eigenvalue weighted by Crippen LogP contribution is 1.96. The van der Waals surface area contributed by atoms with Gasteiger partial charge in [0.25, 0.3) is 0 Å². The van der Waals surface area contributed by atoms with Gasteiger partial charge in [-0.3, -0.25) is 0 Å². The van der Waals surface area contributed by atoms with E-state index in [1.807, 2.05) is 0 Å². The van der Waals surface area contributed by atoms with Crippen LogP contribution >= 0.6 is 0 Å². The maximum absolute atomic E-state index is 9.13. The van der Waals surface area contributed by atoms with Crippen molar-refractivity contribution in [2.45, 2.75) is 25.7 Å². The largest absolute Gasteiger partial charge is 0.472 e. The number of carboxylic acids is 2. The number of unbranched alkanes of at least 4 members (excludes halogenated alkanes) is 3. The van der Waals surface area contributed by atoms with Crippen molar-refractivity contribution in [3.8, 4) is 24.7 Å². The van der Waals surface area contributed by atoms with E-state index < -0.39 is 11.9 Å². The molecule has 6 heteroatoms. The summed E-state index contributed by atoms with van der Waals surface area (Å²) in [5.41, 5.74) is 0. The molecule has 0 aromatic rings. The minimum Gasteiger partial charge on any atom is -0.472 e. The van der Waals surface area contributed by atoms with Crippen molar-refractivity contribution < 1.29 is 30.0 Å². The van der Waals surface area contributed by atoms with E-state index in [4.69, 9.17) is 30.0 Å². The molecule has 4 N–H and O–H groups in total. The van der Waals surface area contributed by atoms with Crippen LogP contribution in [0.5, 0.6) is 0 Å². The molecule has 0 amide bonds. The molecule has 6 nitrogen and oxygen atoms in total. The lowest BCUT2D eigenvalue weighted by Gasteiger charge is -1.93. The summed E-state index contributed by atoms with van der Waals surface area (Å²) in [4.78, 5) is 18.3. The molecule has 0 aromatic heterocycles.